The summed E-state index contributed by atoms with van der Waals surface area (Å²) in [5.41, 5.74) is 3.72. The van der Waals surface area contributed by atoms with Crippen LogP contribution in [0.3, 0.4) is 0 Å². The summed E-state index contributed by atoms with van der Waals surface area (Å²) >= 11 is 1.79. The minimum atomic E-state index is 0.891. The zero-order chi connectivity index (χ0) is 14.5. The van der Waals surface area contributed by atoms with Gasteiger partial charge in [0.15, 0.2) is 0 Å². The van der Waals surface area contributed by atoms with Crippen LogP contribution in [0.2, 0.25) is 0 Å². The highest BCUT2D eigenvalue weighted by Crippen LogP contribution is 2.32. The standard InChI is InChI=1S/C16H23N3S/c1-5-9-17-11-15-13(3)18-19(4)16(15)20-14-8-6-7-12(2)10-14/h6-8,10,17H,5,9,11H2,1-4H3. The molecule has 0 aliphatic heterocycles. The van der Waals surface area contributed by atoms with Crippen molar-refractivity contribution >= 4 is 11.8 Å². The zero-order valence-electron chi connectivity index (χ0n) is 12.7. The van der Waals surface area contributed by atoms with Crippen LogP contribution in [0.4, 0.5) is 0 Å². The monoisotopic (exact) mass is 289 g/mol. The molecule has 0 saturated heterocycles. The van der Waals surface area contributed by atoms with E-state index in [1.54, 1.807) is 11.8 Å². The number of nitrogens with zero attached hydrogens (tertiary/aromatic N) is 2. The van der Waals surface area contributed by atoms with Crippen LogP contribution < -0.4 is 5.32 Å². The fraction of sp³-hybridized carbons (Fsp3) is 0.438. The molecule has 2 aromatic rings. The molecular formula is C16H23N3S. The fourth-order valence-corrected chi connectivity index (χ4v) is 3.32. The molecule has 3 nitrogen and oxygen atoms in total. The Hall–Kier alpha value is -1.26. The summed E-state index contributed by atoms with van der Waals surface area (Å²) in [7, 11) is 2.02. The largest absolute Gasteiger partial charge is 0.313 e. The van der Waals surface area contributed by atoms with Gasteiger partial charge < -0.3 is 5.32 Å². The Morgan fingerprint density at radius 2 is 2.10 bits per heavy atom. The SMILES string of the molecule is CCCNCc1c(C)nn(C)c1Sc1cccc(C)c1. The van der Waals surface area contributed by atoms with Gasteiger partial charge in [0, 0.05) is 24.1 Å². The van der Waals surface area contributed by atoms with Crippen molar-refractivity contribution in [1.29, 1.82) is 0 Å². The Bertz CT molecular complexity index is 575. The number of aromatic nitrogens is 2. The van der Waals surface area contributed by atoms with Crippen molar-refractivity contribution in [2.45, 2.75) is 43.7 Å². The summed E-state index contributed by atoms with van der Waals surface area (Å²) in [5, 5.41) is 9.27. The van der Waals surface area contributed by atoms with Gasteiger partial charge in [-0.25, -0.2) is 0 Å². The van der Waals surface area contributed by atoms with Gasteiger partial charge in [0.1, 0.15) is 5.03 Å². The van der Waals surface area contributed by atoms with Crippen molar-refractivity contribution in [3.8, 4) is 0 Å². The van der Waals surface area contributed by atoms with Gasteiger partial charge in [-0.05, 0) is 38.9 Å². The van der Waals surface area contributed by atoms with E-state index in [2.05, 4.69) is 55.5 Å². The van der Waals surface area contributed by atoms with Gasteiger partial charge in [-0.1, -0.05) is 36.4 Å². The molecule has 0 unspecified atom stereocenters. The van der Waals surface area contributed by atoms with Crippen molar-refractivity contribution in [3.05, 3.63) is 41.1 Å². The molecule has 108 valence electrons. The quantitative estimate of drug-likeness (QED) is 0.823. The van der Waals surface area contributed by atoms with Crippen LogP contribution >= 0.6 is 11.8 Å². The van der Waals surface area contributed by atoms with Crippen LogP contribution in [0.1, 0.15) is 30.2 Å². The maximum atomic E-state index is 4.56. The third-order valence-corrected chi connectivity index (χ3v) is 4.42. The lowest BCUT2D eigenvalue weighted by molar-refractivity contribution is 0.653. The normalized spacial score (nSPS) is 11.0. The minimum Gasteiger partial charge on any atom is -0.313 e. The summed E-state index contributed by atoms with van der Waals surface area (Å²) < 4.78 is 1.99. The van der Waals surface area contributed by atoms with E-state index in [0.717, 1.165) is 25.2 Å². The molecule has 1 aromatic heterocycles. The summed E-state index contributed by atoms with van der Waals surface area (Å²) in [6.45, 7) is 8.33. The molecule has 0 bridgehead atoms. The molecule has 0 atom stereocenters. The fourth-order valence-electron chi connectivity index (χ4n) is 2.19. The van der Waals surface area contributed by atoms with Crippen LogP contribution in [0.15, 0.2) is 34.2 Å². The lowest BCUT2D eigenvalue weighted by Crippen LogP contribution is -2.14. The smallest absolute Gasteiger partial charge is 0.103 e. The van der Waals surface area contributed by atoms with Gasteiger partial charge in [0.25, 0.3) is 0 Å². The van der Waals surface area contributed by atoms with E-state index in [9.17, 15) is 0 Å². The lowest BCUT2D eigenvalue weighted by Gasteiger charge is -2.08. The van der Waals surface area contributed by atoms with Crippen molar-refractivity contribution in [3.63, 3.8) is 0 Å². The number of aryl methyl sites for hydroxylation is 3. The second-order valence-electron chi connectivity index (χ2n) is 5.09. The number of nitrogens with one attached hydrogen (secondary N) is 1. The molecule has 1 N–H and O–H groups in total. The van der Waals surface area contributed by atoms with E-state index < -0.39 is 0 Å². The molecule has 0 spiro atoms. The Kier molecular flexibility index (Phi) is 5.26. The first-order valence-corrected chi connectivity index (χ1v) is 7.91. The first-order valence-electron chi connectivity index (χ1n) is 7.09. The van der Waals surface area contributed by atoms with Gasteiger partial charge in [0.05, 0.1) is 5.69 Å². The second-order valence-corrected chi connectivity index (χ2v) is 6.15. The van der Waals surface area contributed by atoms with E-state index in [1.165, 1.54) is 21.0 Å². The average Bonchev–Trinajstić information content (AvgIpc) is 2.66. The van der Waals surface area contributed by atoms with Gasteiger partial charge in [0.2, 0.25) is 0 Å². The summed E-state index contributed by atoms with van der Waals surface area (Å²) in [6.07, 6.45) is 1.15. The predicted octanol–water partition coefficient (Wildman–Crippen LogP) is 3.69. The average molecular weight is 289 g/mol. The van der Waals surface area contributed by atoms with Crippen LogP contribution in [-0.2, 0) is 13.6 Å². The molecule has 1 aromatic carbocycles. The minimum absolute atomic E-state index is 0.891. The van der Waals surface area contributed by atoms with E-state index in [1.807, 2.05) is 11.7 Å². The van der Waals surface area contributed by atoms with Crippen LogP contribution in [0, 0.1) is 13.8 Å². The van der Waals surface area contributed by atoms with E-state index in [0.29, 0.717) is 0 Å². The highest BCUT2D eigenvalue weighted by atomic mass is 32.2. The molecule has 0 fully saturated rings. The first kappa shape index (κ1) is 15.1. The van der Waals surface area contributed by atoms with Gasteiger partial charge in [-0.2, -0.15) is 5.10 Å². The Morgan fingerprint density at radius 1 is 1.30 bits per heavy atom. The van der Waals surface area contributed by atoms with Crippen LogP contribution in [0.25, 0.3) is 0 Å². The highest BCUT2D eigenvalue weighted by molar-refractivity contribution is 7.99. The summed E-state index contributed by atoms with van der Waals surface area (Å²) in [6, 6.07) is 8.61. The number of hydrogen-bond donors (Lipinski definition) is 1. The molecule has 4 heteroatoms. The molecule has 0 radical (unpaired) electrons. The predicted molar refractivity (Wildman–Crippen MR) is 85.2 cm³/mol. The van der Waals surface area contributed by atoms with Crippen molar-refractivity contribution in [2.75, 3.05) is 6.54 Å². The second kappa shape index (κ2) is 6.95. The zero-order valence-corrected chi connectivity index (χ0v) is 13.5. The maximum absolute atomic E-state index is 4.56. The van der Waals surface area contributed by atoms with E-state index >= 15 is 0 Å². The number of rotatable bonds is 6. The van der Waals surface area contributed by atoms with E-state index in [4.69, 9.17) is 0 Å². The molecule has 0 saturated carbocycles. The third kappa shape index (κ3) is 3.64. The summed E-state index contributed by atoms with van der Waals surface area (Å²) in [5.74, 6) is 0. The summed E-state index contributed by atoms with van der Waals surface area (Å²) in [4.78, 5) is 1.27. The first-order chi connectivity index (χ1) is 9.61. The molecule has 20 heavy (non-hydrogen) atoms. The molecular weight excluding hydrogens is 266 g/mol. The van der Waals surface area contributed by atoms with Crippen molar-refractivity contribution in [1.82, 2.24) is 15.1 Å². The molecule has 0 aliphatic carbocycles. The molecule has 1 heterocycles. The number of benzene rings is 1. The molecule has 0 aliphatic rings. The molecule has 2 rings (SSSR count). The topological polar surface area (TPSA) is 29.9 Å². The van der Waals surface area contributed by atoms with Crippen LogP contribution in [-0.4, -0.2) is 16.3 Å². The Morgan fingerprint density at radius 3 is 2.80 bits per heavy atom. The highest BCUT2D eigenvalue weighted by Gasteiger charge is 2.14. The van der Waals surface area contributed by atoms with Crippen LogP contribution in [0.5, 0.6) is 0 Å². The number of hydrogen-bond acceptors (Lipinski definition) is 3. The third-order valence-electron chi connectivity index (χ3n) is 3.22. The van der Waals surface area contributed by atoms with Gasteiger partial charge in [-0.15, -0.1) is 0 Å². The van der Waals surface area contributed by atoms with Crippen molar-refractivity contribution < 1.29 is 0 Å². The molecule has 0 amide bonds. The van der Waals surface area contributed by atoms with Crippen molar-refractivity contribution in [2.24, 2.45) is 7.05 Å². The van der Waals surface area contributed by atoms with Gasteiger partial charge in [-0.3, -0.25) is 4.68 Å². The Balaban J connectivity index is 2.21. The maximum Gasteiger partial charge on any atom is 0.103 e. The van der Waals surface area contributed by atoms with Gasteiger partial charge >= 0.3 is 0 Å². The van der Waals surface area contributed by atoms with E-state index in [-0.39, 0.29) is 0 Å². The Labute approximate surface area is 125 Å². The lowest BCUT2D eigenvalue weighted by atomic mass is 10.2.